The monoisotopic (exact) mass is 228 g/mol. The first kappa shape index (κ1) is 10.1. The van der Waals surface area contributed by atoms with Crippen LogP contribution in [0, 0.1) is 5.41 Å². The van der Waals surface area contributed by atoms with Crippen molar-refractivity contribution >= 4 is 0 Å². The number of rotatable bonds is 0. The summed E-state index contributed by atoms with van der Waals surface area (Å²) >= 11 is 0. The maximum Gasteiger partial charge on any atom is 0.0359 e. The van der Waals surface area contributed by atoms with Crippen LogP contribution in [0.5, 0.6) is 0 Å². The topological polar surface area (TPSA) is 38.0 Å². The van der Waals surface area contributed by atoms with Crippen LogP contribution in [-0.2, 0) is 6.42 Å². The number of nitrogens with one attached hydrogen (secondary N) is 1. The Kier molecular flexibility index (Phi) is 1.98. The number of fused-ring (bicyclic) bond motifs is 3. The van der Waals surface area contributed by atoms with Gasteiger partial charge in [-0.1, -0.05) is 24.3 Å². The van der Waals surface area contributed by atoms with Crippen LogP contribution in [-0.4, -0.2) is 12.1 Å². The van der Waals surface area contributed by atoms with Gasteiger partial charge in [0.05, 0.1) is 0 Å². The Morgan fingerprint density at radius 2 is 1.82 bits per heavy atom. The summed E-state index contributed by atoms with van der Waals surface area (Å²) in [6.07, 6.45) is 6.47. The Balaban J connectivity index is 1.73. The molecule has 0 amide bonds. The molecule has 0 aromatic heterocycles. The van der Waals surface area contributed by atoms with E-state index in [1.165, 1.54) is 43.2 Å². The van der Waals surface area contributed by atoms with E-state index in [1.54, 1.807) is 0 Å². The fraction of sp³-hybridized carbons (Fsp3) is 0.600. The Morgan fingerprint density at radius 1 is 1.12 bits per heavy atom. The lowest BCUT2D eigenvalue weighted by atomic mass is 9.71. The van der Waals surface area contributed by atoms with Crippen molar-refractivity contribution < 1.29 is 0 Å². The van der Waals surface area contributed by atoms with E-state index in [1.807, 2.05) is 0 Å². The highest BCUT2D eigenvalue weighted by molar-refractivity contribution is 5.38. The number of nitrogens with two attached hydrogens (primary N) is 1. The van der Waals surface area contributed by atoms with Gasteiger partial charge in [0.15, 0.2) is 0 Å². The summed E-state index contributed by atoms with van der Waals surface area (Å²) in [4.78, 5) is 0. The summed E-state index contributed by atoms with van der Waals surface area (Å²) in [5.41, 5.74) is 9.85. The predicted octanol–water partition coefficient (Wildman–Crippen LogP) is 2.14. The standard InChI is InChI=1S/C15H20N2/c16-14-13-4-2-1-3-10(13)7-15(14)8-11-5-6-12(9-15)17-11/h1-4,11-12,14,17H,5-9,16H2/t11-,12+,14-,15-/m1/s1. The third-order valence-electron chi connectivity index (χ3n) is 5.23. The van der Waals surface area contributed by atoms with Crippen molar-refractivity contribution in [2.24, 2.45) is 11.1 Å². The molecule has 0 unspecified atom stereocenters. The summed E-state index contributed by atoms with van der Waals surface area (Å²) in [5, 5.41) is 3.73. The van der Waals surface area contributed by atoms with Crippen molar-refractivity contribution in [3.63, 3.8) is 0 Å². The smallest absolute Gasteiger partial charge is 0.0359 e. The second-order valence-electron chi connectivity index (χ2n) is 6.26. The molecule has 0 radical (unpaired) electrons. The van der Waals surface area contributed by atoms with Crippen LogP contribution in [0.25, 0.3) is 0 Å². The molecule has 90 valence electrons. The van der Waals surface area contributed by atoms with Gasteiger partial charge in [0.1, 0.15) is 0 Å². The third kappa shape index (κ3) is 1.34. The van der Waals surface area contributed by atoms with Gasteiger partial charge in [-0.05, 0) is 48.6 Å². The van der Waals surface area contributed by atoms with Gasteiger partial charge in [-0.3, -0.25) is 0 Å². The average molecular weight is 228 g/mol. The molecule has 2 heteroatoms. The van der Waals surface area contributed by atoms with E-state index in [-0.39, 0.29) is 6.04 Å². The van der Waals surface area contributed by atoms with Crippen molar-refractivity contribution in [3.05, 3.63) is 35.4 Å². The lowest BCUT2D eigenvalue weighted by Crippen LogP contribution is -2.47. The molecule has 1 aliphatic carbocycles. The van der Waals surface area contributed by atoms with Gasteiger partial charge in [-0.25, -0.2) is 0 Å². The second-order valence-corrected chi connectivity index (χ2v) is 6.26. The fourth-order valence-corrected chi connectivity index (χ4v) is 4.51. The van der Waals surface area contributed by atoms with Crippen LogP contribution in [0.3, 0.4) is 0 Å². The van der Waals surface area contributed by atoms with Crippen molar-refractivity contribution in [3.8, 4) is 0 Å². The molecule has 2 fully saturated rings. The molecule has 4 atom stereocenters. The van der Waals surface area contributed by atoms with Crippen LogP contribution in [0.4, 0.5) is 0 Å². The molecule has 2 heterocycles. The molecule has 0 saturated carbocycles. The van der Waals surface area contributed by atoms with Crippen molar-refractivity contribution in [2.45, 2.75) is 50.2 Å². The fourth-order valence-electron chi connectivity index (χ4n) is 4.51. The van der Waals surface area contributed by atoms with E-state index in [0.717, 1.165) is 12.1 Å². The van der Waals surface area contributed by atoms with Crippen LogP contribution >= 0.6 is 0 Å². The average Bonchev–Trinajstić information content (AvgIpc) is 2.80. The molecule has 2 bridgehead atoms. The van der Waals surface area contributed by atoms with E-state index in [9.17, 15) is 0 Å². The Bertz CT molecular complexity index is 442. The highest BCUT2D eigenvalue weighted by Crippen LogP contribution is 2.54. The molecular formula is C15H20N2. The first-order valence-corrected chi connectivity index (χ1v) is 6.86. The molecule has 2 nitrogen and oxygen atoms in total. The van der Waals surface area contributed by atoms with Crippen LogP contribution in [0.1, 0.15) is 42.9 Å². The van der Waals surface area contributed by atoms with Gasteiger partial charge in [0.25, 0.3) is 0 Å². The minimum absolute atomic E-state index is 0.267. The molecule has 2 aliphatic heterocycles. The van der Waals surface area contributed by atoms with E-state index in [4.69, 9.17) is 5.73 Å². The zero-order valence-electron chi connectivity index (χ0n) is 10.2. The van der Waals surface area contributed by atoms with Gasteiger partial charge in [0.2, 0.25) is 0 Å². The maximum absolute atomic E-state index is 6.58. The zero-order valence-corrected chi connectivity index (χ0v) is 10.2. The van der Waals surface area contributed by atoms with Crippen LogP contribution in [0.2, 0.25) is 0 Å². The lowest BCUT2D eigenvalue weighted by Gasteiger charge is -2.41. The van der Waals surface area contributed by atoms with E-state index >= 15 is 0 Å². The summed E-state index contributed by atoms with van der Waals surface area (Å²) in [7, 11) is 0. The number of piperidine rings is 1. The summed E-state index contributed by atoms with van der Waals surface area (Å²) in [5.74, 6) is 0. The first-order chi connectivity index (χ1) is 8.27. The van der Waals surface area contributed by atoms with Gasteiger partial charge < -0.3 is 11.1 Å². The van der Waals surface area contributed by atoms with Gasteiger partial charge in [-0.2, -0.15) is 0 Å². The molecule has 3 aliphatic rings. The number of hydrogen-bond acceptors (Lipinski definition) is 2. The molecule has 1 aromatic rings. The predicted molar refractivity (Wildman–Crippen MR) is 68.7 cm³/mol. The van der Waals surface area contributed by atoms with Crippen LogP contribution < -0.4 is 11.1 Å². The lowest BCUT2D eigenvalue weighted by molar-refractivity contribution is 0.136. The molecule has 1 aromatic carbocycles. The van der Waals surface area contributed by atoms with E-state index in [0.29, 0.717) is 5.41 Å². The van der Waals surface area contributed by atoms with Gasteiger partial charge in [0, 0.05) is 18.1 Å². The van der Waals surface area contributed by atoms with E-state index in [2.05, 4.69) is 29.6 Å². The molecule has 2 saturated heterocycles. The molecule has 3 N–H and O–H groups in total. The maximum atomic E-state index is 6.58. The van der Waals surface area contributed by atoms with Crippen LogP contribution in [0.15, 0.2) is 24.3 Å². The quantitative estimate of drug-likeness (QED) is 0.714. The molecular weight excluding hydrogens is 208 g/mol. The minimum atomic E-state index is 0.267. The number of benzene rings is 1. The van der Waals surface area contributed by atoms with E-state index < -0.39 is 0 Å². The largest absolute Gasteiger partial charge is 0.323 e. The summed E-state index contributed by atoms with van der Waals surface area (Å²) in [6.45, 7) is 0. The SMILES string of the molecule is N[C@@H]1c2ccccc2C[C@]12C[C@H]1CC[C@@H](C2)N1. The highest BCUT2D eigenvalue weighted by atomic mass is 15.0. The summed E-state index contributed by atoms with van der Waals surface area (Å²) in [6, 6.07) is 10.5. The van der Waals surface area contributed by atoms with Crippen molar-refractivity contribution in [2.75, 3.05) is 0 Å². The van der Waals surface area contributed by atoms with Gasteiger partial charge >= 0.3 is 0 Å². The third-order valence-corrected chi connectivity index (χ3v) is 5.23. The number of hydrogen-bond donors (Lipinski definition) is 2. The minimum Gasteiger partial charge on any atom is -0.323 e. The molecule has 4 rings (SSSR count). The van der Waals surface area contributed by atoms with Crippen molar-refractivity contribution in [1.82, 2.24) is 5.32 Å². The zero-order chi connectivity index (χ0) is 11.5. The summed E-state index contributed by atoms with van der Waals surface area (Å²) < 4.78 is 0. The normalized spacial score (nSPS) is 43.0. The second kappa shape index (κ2) is 3.33. The Hall–Kier alpha value is -0.860. The first-order valence-electron chi connectivity index (χ1n) is 6.86. The molecule has 17 heavy (non-hydrogen) atoms. The van der Waals surface area contributed by atoms with Gasteiger partial charge in [-0.15, -0.1) is 0 Å². The Morgan fingerprint density at radius 3 is 2.53 bits per heavy atom. The van der Waals surface area contributed by atoms with Crippen molar-refractivity contribution in [1.29, 1.82) is 0 Å². The highest BCUT2D eigenvalue weighted by Gasteiger charge is 2.50. The molecule has 1 spiro atoms. The Labute approximate surface area is 103 Å².